The maximum Gasteiger partial charge on any atom is 0.258 e. The maximum absolute atomic E-state index is 12.1. The van der Waals surface area contributed by atoms with Gasteiger partial charge in [-0.05, 0) is 32.3 Å². The highest BCUT2D eigenvalue weighted by atomic mass is 35.5. The van der Waals surface area contributed by atoms with Crippen molar-refractivity contribution < 1.29 is 4.79 Å². The largest absolute Gasteiger partial charge is 0.304 e. The van der Waals surface area contributed by atoms with Crippen molar-refractivity contribution in [2.24, 2.45) is 0 Å². The average molecular weight is 330 g/mol. The summed E-state index contributed by atoms with van der Waals surface area (Å²) in [6.45, 7) is 0.730. The molecule has 1 N–H and O–H groups in total. The van der Waals surface area contributed by atoms with Crippen molar-refractivity contribution in [3.05, 3.63) is 44.9 Å². The number of nitrogens with one attached hydrogen (secondary N) is 1. The Morgan fingerprint density at radius 3 is 2.80 bits per heavy atom. The van der Waals surface area contributed by atoms with Gasteiger partial charge < -0.3 is 4.90 Å². The predicted molar refractivity (Wildman–Crippen MR) is 83.9 cm³/mol. The van der Waals surface area contributed by atoms with Gasteiger partial charge in [-0.1, -0.05) is 23.2 Å². The minimum Gasteiger partial charge on any atom is -0.304 e. The van der Waals surface area contributed by atoms with Crippen LogP contribution in [0, 0.1) is 0 Å². The molecule has 20 heavy (non-hydrogen) atoms. The van der Waals surface area contributed by atoms with E-state index in [0.29, 0.717) is 20.7 Å². The standard InChI is InChI=1S/C13H13Cl2N3OS/c1-18(2)6-9-7-20-13(16-9)17-12(19)10-4-3-8(14)5-11(10)15/h3-5,7H,6H2,1-2H3,(H,16,17,19). The Morgan fingerprint density at radius 1 is 1.40 bits per heavy atom. The van der Waals surface area contributed by atoms with E-state index in [0.717, 1.165) is 12.2 Å². The molecule has 106 valence electrons. The number of amides is 1. The number of benzene rings is 1. The zero-order chi connectivity index (χ0) is 14.7. The summed E-state index contributed by atoms with van der Waals surface area (Å²) in [4.78, 5) is 18.4. The summed E-state index contributed by atoms with van der Waals surface area (Å²) >= 11 is 13.2. The van der Waals surface area contributed by atoms with E-state index >= 15 is 0 Å². The Balaban J connectivity index is 2.09. The topological polar surface area (TPSA) is 45.2 Å². The highest BCUT2D eigenvalue weighted by Crippen LogP contribution is 2.23. The smallest absolute Gasteiger partial charge is 0.258 e. The van der Waals surface area contributed by atoms with E-state index in [2.05, 4.69) is 10.3 Å². The van der Waals surface area contributed by atoms with Crippen molar-refractivity contribution in [1.29, 1.82) is 0 Å². The van der Waals surface area contributed by atoms with Gasteiger partial charge >= 0.3 is 0 Å². The van der Waals surface area contributed by atoms with Crippen LogP contribution in [0.1, 0.15) is 16.1 Å². The van der Waals surface area contributed by atoms with Crippen LogP contribution in [0.15, 0.2) is 23.6 Å². The summed E-state index contributed by atoms with van der Waals surface area (Å²) in [6.07, 6.45) is 0. The second-order valence-electron chi connectivity index (χ2n) is 4.46. The highest BCUT2D eigenvalue weighted by molar-refractivity contribution is 7.14. The first-order valence-electron chi connectivity index (χ1n) is 5.81. The third-order valence-electron chi connectivity index (χ3n) is 2.43. The fourth-order valence-corrected chi connectivity index (χ4v) is 2.79. The molecular formula is C13H13Cl2N3OS. The second-order valence-corrected chi connectivity index (χ2v) is 6.16. The lowest BCUT2D eigenvalue weighted by Gasteiger charge is -2.06. The number of carbonyl (C=O) groups is 1. The predicted octanol–water partition coefficient (Wildman–Crippen LogP) is 3.76. The average Bonchev–Trinajstić information content (AvgIpc) is 2.75. The second kappa shape index (κ2) is 6.54. The number of aromatic nitrogens is 1. The quantitative estimate of drug-likeness (QED) is 0.928. The van der Waals surface area contributed by atoms with Gasteiger partial charge in [0.05, 0.1) is 16.3 Å². The summed E-state index contributed by atoms with van der Waals surface area (Å²) < 4.78 is 0. The molecule has 0 aliphatic carbocycles. The third-order valence-corrected chi connectivity index (χ3v) is 3.78. The van der Waals surface area contributed by atoms with Crippen molar-refractivity contribution in [3.8, 4) is 0 Å². The molecule has 0 atom stereocenters. The fraction of sp³-hybridized carbons (Fsp3) is 0.231. The molecular weight excluding hydrogens is 317 g/mol. The van der Waals surface area contributed by atoms with Crippen LogP contribution in [0.4, 0.5) is 5.13 Å². The number of halogens is 2. The molecule has 0 aliphatic heterocycles. The molecule has 0 aliphatic rings. The lowest BCUT2D eigenvalue weighted by Crippen LogP contribution is -2.13. The molecule has 4 nitrogen and oxygen atoms in total. The molecule has 2 rings (SSSR count). The first-order valence-corrected chi connectivity index (χ1v) is 7.45. The van der Waals surface area contributed by atoms with E-state index < -0.39 is 0 Å². The molecule has 0 saturated heterocycles. The Hall–Kier alpha value is -1.14. The number of carbonyl (C=O) groups excluding carboxylic acids is 1. The number of anilines is 1. The monoisotopic (exact) mass is 329 g/mol. The van der Waals surface area contributed by atoms with Gasteiger partial charge in [0.1, 0.15) is 0 Å². The van der Waals surface area contributed by atoms with Crippen molar-refractivity contribution in [2.75, 3.05) is 19.4 Å². The Bertz CT molecular complexity index is 628. The van der Waals surface area contributed by atoms with E-state index in [-0.39, 0.29) is 5.91 Å². The van der Waals surface area contributed by atoms with E-state index in [1.54, 1.807) is 12.1 Å². The summed E-state index contributed by atoms with van der Waals surface area (Å²) in [6, 6.07) is 4.76. The zero-order valence-corrected chi connectivity index (χ0v) is 13.3. The van der Waals surface area contributed by atoms with Gasteiger partial charge in [-0.25, -0.2) is 4.98 Å². The summed E-state index contributed by atoms with van der Waals surface area (Å²) in [7, 11) is 3.93. The molecule has 1 amide bonds. The molecule has 0 bridgehead atoms. The lowest BCUT2D eigenvalue weighted by molar-refractivity contribution is 0.102. The highest BCUT2D eigenvalue weighted by Gasteiger charge is 2.13. The number of nitrogens with zero attached hydrogens (tertiary/aromatic N) is 2. The fourth-order valence-electron chi connectivity index (χ4n) is 1.60. The van der Waals surface area contributed by atoms with Crippen LogP contribution >= 0.6 is 34.5 Å². The normalized spacial score (nSPS) is 10.8. The van der Waals surface area contributed by atoms with E-state index in [1.807, 2.05) is 24.4 Å². The van der Waals surface area contributed by atoms with Gasteiger partial charge in [-0.3, -0.25) is 10.1 Å². The number of thiazole rings is 1. The summed E-state index contributed by atoms with van der Waals surface area (Å²) in [5.41, 5.74) is 1.29. The molecule has 1 aromatic heterocycles. The van der Waals surface area contributed by atoms with Crippen molar-refractivity contribution in [3.63, 3.8) is 0 Å². The molecule has 0 saturated carbocycles. The number of rotatable bonds is 4. The number of hydrogen-bond donors (Lipinski definition) is 1. The van der Waals surface area contributed by atoms with Crippen LogP contribution in [0.3, 0.4) is 0 Å². The third kappa shape index (κ3) is 3.93. The van der Waals surface area contributed by atoms with Crippen LogP contribution in [0.25, 0.3) is 0 Å². The lowest BCUT2D eigenvalue weighted by atomic mass is 10.2. The van der Waals surface area contributed by atoms with Crippen molar-refractivity contribution in [2.45, 2.75) is 6.54 Å². The molecule has 0 spiro atoms. The van der Waals surface area contributed by atoms with Crippen LogP contribution in [-0.4, -0.2) is 29.9 Å². The van der Waals surface area contributed by atoms with Gasteiger partial charge in [0.15, 0.2) is 5.13 Å². The zero-order valence-electron chi connectivity index (χ0n) is 11.0. The summed E-state index contributed by atoms with van der Waals surface area (Å²) in [5, 5.41) is 6.02. The van der Waals surface area contributed by atoms with E-state index in [4.69, 9.17) is 23.2 Å². The van der Waals surface area contributed by atoms with Gasteiger partial charge in [0.25, 0.3) is 5.91 Å². The van der Waals surface area contributed by atoms with Crippen molar-refractivity contribution in [1.82, 2.24) is 9.88 Å². The Labute approximate surface area is 131 Å². The molecule has 0 radical (unpaired) electrons. The number of hydrogen-bond acceptors (Lipinski definition) is 4. The van der Waals surface area contributed by atoms with Crippen molar-refractivity contribution >= 4 is 45.6 Å². The van der Waals surface area contributed by atoms with E-state index in [1.165, 1.54) is 17.4 Å². The first kappa shape index (κ1) is 15.3. The van der Waals surface area contributed by atoms with Crippen LogP contribution in [0.5, 0.6) is 0 Å². The molecule has 0 unspecified atom stereocenters. The van der Waals surface area contributed by atoms with Gasteiger partial charge in [-0.2, -0.15) is 0 Å². The van der Waals surface area contributed by atoms with Gasteiger partial charge in [-0.15, -0.1) is 11.3 Å². The SMILES string of the molecule is CN(C)Cc1csc(NC(=O)c2ccc(Cl)cc2Cl)n1. The van der Waals surface area contributed by atoms with Gasteiger partial charge in [0, 0.05) is 16.9 Å². The Kier molecular flexibility index (Phi) is 4.99. The molecule has 2 aromatic rings. The minimum atomic E-state index is -0.294. The molecule has 1 aromatic carbocycles. The van der Waals surface area contributed by atoms with Crippen LogP contribution in [0.2, 0.25) is 10.0 Å². The van der Waals surface area contributed by atoms with Crippen LogP contribution < -0.4 is 5.32 Å². The first-order chi connectivity index (χ1) is 9.45. The summed E-state index contributed by atoms with van der Waals surface area (Å²) in [5.74, 6) is -0.294. The van der Waals surface area contributed by atoms with E-state index in [9.17, 15) is 4.79 Å². The van der Waals surface area contributed by atoms with Gasteiger partial charge in [0.2, 0.25) is 0 Å². The molecule has 1 heterocycles. The van der Waals surface area contributed by atoms with Crippen LogP contribution in [-0.2, 0) is 6.54 Å². The molecule has 7 heteroatoms. The Morgan fingerprint density at radius 2 is 2.15 bits per heavy atom. The molecule has 0 fully saturated rings. The maximum atomic E-state index is 12.1. The minimum absolute atomic E-state index is 0.294.